The van der Waals surface area contributed by atoms with Crippen LogP contribution in [-0.4, -0.2) is 51.5 Å². The van der Waals surface area contributed by atoms with Gasteiger partial charge in [0.15, 0.2) is 5.69 Å². The molecule has 0 saturated carbocycles. The summed E-state index contributed by atoms with van der Waals surface area (Å²) in [5.41, 5.74) is 2.29. The second-order valence-corrected chi connectivity index (χ2v) is 7.20. The molecule has 2 aromatic heterocycles. The Bertz CT molecular complexity index is 930. The average Bonchev–Trinajstić information content (AvgIpc) is 3.01. The summed E-state index contributed by atoms with van der Waals surface area (Å²) in [7, 11) is 0. The van der Waals surface area contributed by atoms with Crippen molar-refractivity contribution in [3.63, 3.8) is 0 Å². The van der Waals surface area contributed by atoms with Crippen LogP contribution < -0.4 is 0 Å². The molecule has 3 aromatic rings. The van der Waals surface area contributed by atoms with Gasteiger partial charge in [-0.15, -0.1) is 0 Å². The molecule has 26 heavy (non-hydrogen) atoms. The predicted molar refractivity (Wildman–Crippen MR) is 103 cm³/mol. The van der Waals surface area contributed by atoms with Crippen LogP contribution >= 0.6 is 23.2 Å². The summed E-state index contributed by atoms with van der Waals surface area (Å²) in [5.74, 6) is -0.107. The maximum atomic E-state index is 12.8. The number of hydrogen-bond donors (Lipinski definition) is 0. The molecule has 134 valence electrons. The van der Waals surface area contributed by atoms with Gasteiger partial charge in [-0.25, -0.2) is 4.52 Å². The smallest absolute Gasteiger partial charge is 0.276 e. The zero-order valence-corrected chi connectivity index (χ0v) is 15.6. The number of amides is 1. The minimum absolute atomic E-state index is 0.107. The van der Waals surface area contributed by atoms with Crippen molar-refractivity contribution in [1.29, 1.82) is 0 Å². The second kappa shape index (κ2) is 7.27. The van der Waals surface area contributed by atoms with E-state index in [9.17, 15) is 4.79 Å². The number of rotatable bonds is 3. The van der Waals surface area contributed by atoms with Crippen molar-refractivity contribution in [2.75, 3.05) is 26.2 Å². The largest absolute Gasteiger partial charge is 0.335 e. The molecule has 5 nitrogen and oxygen atoms in total. The Kier molecular flexibility index (Phi) is 4.85. The van der Waals surface area contributed by atoms with Crippen LogP contribution in [0, 0.1) is 0 Å². The summed E-state index contributed by atoms with van der Waals surface area (Å²) >= 11 is 12.3. The van der Waals surface area contributed by atoms with E-state index >= 15 is 0 Å². The van der Waals surface area contributed by atoms with Gasteiger partial charge in [0.25, 0.3) is 5.91 Å². The Labute approximate surface area is 161 Å². The molecule has 1 aromatic carbocycles. The Morgan fingerprint density at radius 2 is 1.73 bits per heavy atom. The van der Waals surface area contributed by atoms with Gasteiger partial charge in [-0.2, -0.15) is 5.10 Å². The first-order valence-corrected chi connectivity index (χ1v) is 9.26. The maximum absolute atomic E-state index is 12.8. The normalized spacial score (nSPS) is 15.5. The lowest BCUT2D eigenvalue weighted by Crippen LogP contribution is -2.48. The number of fused-ring (bicyclic) bond motifs is 1. The van der Waals surface area contributed by atoms with Gasteiger partial charge in [0.05, 0.1) is 10.5 Å². The SMILES string of the molecule is O=C(c1nn2ccccc2c1Cl)N1CCN(Cc2ccc(Cl)cc2)CC1. The molecular weight excluding hydrogens is 371 g/mol. The Hall–Kier alpha value is -2.08. The standard InChI is InChI=1S/C19H18Cl2N4O/c20-15-6-4-14(5-7-15)13-23-9-11-24(12-10-23)19(26)18-17(21)16-3-1-2-8-25(16)22-18/h1-8H,9-13H2. The van der Waals surface area contributed by atoms with Crippen LogP contribution in [0.5, 0.6) is 0 Å². The van der Waals surface area contributed by atoms with E-state index in [1.807, 2.05) is 47.4 Å². The van der Waals surface area contributed by atoms with E-state index in [1.54, 1.807) is 10.7 Å². The van der Waals surface area contributed by atoms with E-state index in [0.29, 0.717) is 23.8 Å². The third-order valence-electron chi connectivity index (χ3n) is 4.66. The highest BCUT2D eigenvalue weighted by molar-refractivity contribution is 6.36. The first-order chi connectivity index (χ1) is 12.6. The highest BCUT2D eigenvalue weighted by Crippen LogP contribution is 2.23. The van der Waals surface area contributed by atoms with Crippen molar-refractivity contribution in [3.05, 3.63) is 70.0 Å². The summed E-state index contributed by atoms with van der Waals surface area (Å²) in [6.07, 6.45) is 1.79. The van der Waals surface area contributed by atoms with Crippen LogP contribution in [0.15, 0.2) is 48.7 Å². The number of benzene rings is 1. The molecule has 0 spiro atoms. The molecule has 0 radical (unpaired) electrons. The molecule has 0 bridgehead atoms. The van der Waals surface area contributed by atoms with Gasteiger partial charge >= 0.3 is 0 Å². The van der Waals surface area contributed by atoms with Crippen molar-refractivity contribution < 1.29 is 4.79 Å². The van der Waals surface area contributed by atoms with Gasteiger partial charge in [-0.05, 0) is 29.8 Å². The van der Waals surface area contributed by atoms with Crippen LogP contribution in [0.4, 0.5) is 0 Å². The molecular formula is C19H18Cl2N4O. The number of hydrogen-bond acceptors (Lipinski definition) is 3. The Morgan fingerprint density at radius 3 is 2.42 bits per heavy atom. The molecule has 3 heterocycles. The highest BCUT2D eigenvalue weighted by atomic mass is 35.5. The molecule has 7 heteroatoms. The summed E-state index contributed by atoms with van der Waals surface area (Å²) in [6, 6.07) is 13.5. The molecule has 0 unspecified atom stereocenters. The number of carbonyl (C=O) groups is 1. The summed E-state index contributed by atoms with van der Waals surface area (Å²) in [6.45, 7) is 3.82. The van der Waals surface area contributed by atoms with Crippen LogP contribution in [-0.2, 0) is 6.54 Å². The molecule has 0 N–H and O–H groups in total. The van der Waals surface area contributed by atoms with E-state index in [2.05, 4.69) is 10.00 Å². The third-order valence-corrected chi connectivity index (χ3v) is 5.29. The zero-order valence-electron chi connectivity index (χ0n) is 14.1. The van der Waals surface area contributed by atoms with E-state index in [-0.39, 0.29) is 5.91 Å². The van der Waals surface area contributed by atoms with E-state index < -0.39 is 0 Å². The first-order valence-electron chi connectivity index (χ1n) is 8.51. The van der Waals surface area contributed by atoms with Gasteiger partial charge in [-0.1, -0.05) is 41.4 Å². The average molecular weight is 389 g/mol. The van der Waals surface area contributed by atoms with Crippen LogP contribution in [0.3, 0.4) is 0 Å². The second-order valence-electron chi connectivity index (χ2n) is 6.39. The number of carbonyl (C=O) groups excluding carboxylic acids is 1. The fourth-order valence-electron chi connectivity index (χ4n) is 3.21. The molecule has 4 rings (SSSR count). The maximum Gasteiger partial charge on any atom is 0.276 e. The fourth-order valence-corrected chi connectivity index (χ4v) is 3.61. The predicted octanol–water partition coefficient (Wildman–Crippen LogP) is 3.60. The van der Waals surface area contributed by atoms with Crippen LogP contribution in [0.1, 0.15) is 16.1 Å². The molecule has 1 aliphatic heterocycles. The number of nitrogens with zero attached hydrogens (tertiary/aromatic N) is 4. The van der Waals surface area contributed by atoms with Gasteiger partial charge in [0.2, 0.25) is 0 Å². The van der Waals surface area contributed by atoms with E-state index in [4.69, 9.17) is 23.2 Å². The number of pyridine rings is 1. The molecule has 1 aliphatic rings. The summed E-state index contributed by atoms with van der Waals surface area (Å²) in [5, 5.41) is 5.51. The van der Waals surface area contributed by atoms with Crippen molar-refractivity contribution >= 4 is 34.6 Å². The van der Waals surface area contributed by atoms with Gasteiger partial charge < -0.3 is 4.90 Å². The Morgan fingerprint density at radius 1 is 1.00 bits per heavy atom. The van der Waals surface area contributed by atoms with E-state index in [1.165, 1.54) is 5.56 Å². The van der Waals surface area contributed by atoms with Crippen molar-refractivity contribution in [3.8, 4) is 0 Å². The molecule has 0 aliphatic carbocycles. The first kappa shape index (κ1) is 17.3. The molecule has 0 atom stereocenters. The topological polar surface area (TPSA) is 40.9 Å². The minimum Gasteiger partial charge on any atom is -0.335 e. The molecule has 1 fully saturated rings. The van der Waals surface area contributed by atoms with E-state index in [0.717, 1.165) is 30.2 Å². The van der Waals surface area contributed by atoms with Crippen molar-refractivity contribution in [1.82, 2.24) is 19.4 Å². The monoisotopic (exact) mass is 388 g/mol. The number of aromatic nitrogens is 2. The number of halogens is 2. The lowest BCUT2D eigenvalue weighted by atomic mass is 10.2. The van der Waals surface area contributed by atoms with Crippen molar-refractivity contribution in [2.24, 2.45) is 0 Å². The molecule has 1 saturated heterocycles. The third kappa shape index (κ3) is 3.43. The summed E-state index contributed by atoms with van der Waals surface area (Å²) in [4.78, 5) is 17.0. The van der Waals surface area contributed by atoms with Crippen molar-refractivity contribution in [2.45, 2.75) is 6.54 Å². The van der Waals surface area contributed by atoms with Crippen LogP contribution in [0.25, 0.3) is 5.52 Å². The summed E-state index contributed by atoms with van der Waals surface area (Å²) < 4.78 is 1.65. The van der Waals surface area contributed by atoms with Crippen LogP contribution in [0.2, 0.25) is 10.0 Å². The Balaban J connectivity index is 1.41. The fraction of sp³-hybridized carbons (Fsp3) is 0.263. The zero-order chi connectivity index (χ0) is 18.1. The number of piperazine rings is 1. The molecule has 1 amide bonds. The minimum atomic E-state index is -0.107. The van der Waals surface area contributed by atoms with Gasteiger partial charge in [0, 0.05) is 43.9 Å². The lowest BCUT2D eigenvalue weighted by Gasteiger charge is -2.34. The quantitative estimate of drug-likeness (QED) is 0.688. The van der Waals surface area contributed by atoms with Gasteiger partial charge in [0.1, 0.15) is 0 Å². The highest BCUT2D eigenvalue weighted by Gasteiger charge is 2.26. The lowest BCUT2D eigenvalue weighted by molar-refractivity contribution is 0.0622. The van der Waals surface area contributed by atoms with Gasteiger partial charge in [-0.3, -0.25) is 9.69 Å².